The smallest absolute Gasteiger partial charge is 0.394 e. The molecule has 5 saturated heterocycles. The average Bonchev–Trinajstić information content (AvgIpc) is 1.49. The molecule has 17 unspecified atom stereocenters. The number of carbonyl (C=O) groups is 6. The molecule has 38 nitrogen and oxygen atoms in total. The number of amides is 6. The third kappa shape index (κ3) is 29.3. The van der Waals surface area contributed by atoms with E-state index in [1.807, 2.05) is 20.8 Å². The van der Waals surface area contributed by atoms with Crippen LogP contribution in [0.25, 0.3) is 0 Å². The number of rotatable bonds is 44. The van der Waals surface area contributed by atoms with Gasteiger partial charge in [-0.25, -0.2) is 9.13 Å². The van der Waals surface area contributed by atoms with Crippen molar-refractivity contribution in [3.05, 3.63) is 0 Å². The Morgan fingerprint density at radius 2 is 1.19 bits per heavy atom. The maximum atomic E-state index is 14.4. The van der Waals surface area contributed by atoms with Crippen molar-refractivity contribution in [1.82, 2.24) is 41.3 Å². The summed E-state index contributed by atoms with van der Waals surface area (Å²) in [5.74, 6) is -1.90. The number of ether oxygens (including phenoxy) is 7. The van der Waals surface area contributed by atoms with Crippen LogP contribution >= 0.6 is 15.6 Å². The van der Waals surface area contributed by atoms with Crippen molar-refractivity contribution in [1.29, 1.82) is 0 Å². The van der Waals surface area contributed by atoms with E-state index in [-0.39, 0.29) is 103 Å². The molecule has 1 aliphatic carbocycles. The number of nitrogens with zero attached hydrogens (tertiary/aromatic N) is 3. The maximum Gasteiger partial charge on any atom is 0.472 e. The van der Waals surface area contributed by atoms with Crippen LogP contribution in [0.2, 0.25) is 0 Å². The van der Waals surface area contributed by atoms with Crippen molar-refractivity contribution in [2.45, 2.75) is 287 Å². The molecule has 620 valence electrons. The molecule has 5 aliphatic heterocycles. The number of hydrogen-bond donors (Lipinski definition) is 16. The molecule has 0 aromatic carbocycles. The summed E-state index contributed by atoms with van der Waals surface area (Å²) in [4.78, 5) is 105. The molecular weight excluding hydrogens is 1460 g/mol. The second kappa shape index (κ2) is 44.1. The van der Waals surface area contributed by atoms with Crippen LogP contribution < -0.4 is 26.6 Å². The molecule has 24 atom stereocenters. The number of nitrogens with one attached hydrogen (secondary N) is 5. The molecule has 6 rings (SSSR count). The van der Waals surface area contributed by atoms with Gasteiger partial charge in [-0.3, -0.25) is 57.5 Å². The lowest BCUT2D eigenvalue weighted by Crippen LogP contribution is -2.64. The van der Waals surface area contributed by atoms with E-state index in [0.717, 1.165) is 32.1 Å². The quantitative estimate of drug-likeness (QED) is 0.0138. The van der Waals surface area contributed by atoms with E-state index in [4.69, 9.17) is 51.3 Å². The normalized spacial score (nSPS) is 31.3. The third-order valence-electron chi connectivity index (χ3n) is 20.4. The molecule has 1 saturated carbocycles. The van der Waals surface area contributed by atoms with Crippen LogP contribution in [-0.4, -0.2) is 320 Å². The summed E-state index contributed by atoms with van der Waals surface area (Å²) in [7, 11) is -10.1. The highest BCUT2D eigenvalue weighted by Gasteiger charge is 2.49. The number of likely N-dealkylation sites (tertiary alicyclic amines) is 3. The zero-order valence-corrected chi connectivity index (χ0v) is 64.8. The van der Waals surface area contributed by atoms with Gasteiger partial charge in [-0.1, -0.05) is 47.5 Å². The molecule has 0 radical (unpaired) electrons. The monoisotopic (exact) mass is 1580 g/mol. The Bertz CT molecular complexity index is 2870. The first-order chi connectivity index (χ1) is 50.5. The molecule has 6 amide bonds. The lowest BCUT2D eigenvalue weighted by Gasteiger charge is -2.42. The molecule has 6 aliphatic rings. The molecule has 16 N–H and O–H groups in total. The SMILES string of the molecule is CCC(CC(=O)N1CCC[C@H]1COP(=O)(O)O[C@@H]1C[C@@H](COP(=O)(O)O[C@@H]2C[C@@H](COC3CCCC(C(C)C)CC3)N(C(=O)CCCC(C)(C)COC(OC(CO)[C@@H](C)O)[C@H](O)NC(C)=O)C2)N(C(=O)CCNCOC2OC(CO)C(O)C(O)C2NC(C)=O)C1)NCOC1OC(CO)C(O)C(O)C1NC(C)=O. The van der Waals surface area contributed by atoms with E-state index < -0.39 is 200 Å². The Hall–Kier alpha value is -3.68. The Labute approximate surface area is 625 Å². The summed E-state index contributed by atoms with van der Waals surface area (Å²) in [5.41, 5.74) is -0.659. The van der Waals surface area contributed by atoms with Crippen LogP contribution in [0.5, 0.6) is 0 Å². The van der Waals surface area contributed by atoms with Crippen molar-refractivity contribution in [3.63, 3.8) is 0 Å². The molecule has 0 aromatic rings. The Kier molecular flexibility index (Phi) is 38.0. The summed E-state index contributed by atoms with van der Waals surface area (Å²) in [6.45, 7) is 11.0. The van der Waals surface area contributed by atoms with Crippen molar-refractivity contribution in [3.8, 4) is 0 Å². The fourth-order valence-electron chi connectivity index (χ4n) is 14.3. The third-order valence-corrected chi connectivity index (χ3v) is 22.4. The fourth-order valence-corrected chi connectivity index (χ4v) is 16.2. The second-order valence-electron chi connectivity index (χ2n) is 29.9. The number of phosphoric acid groups is 2. The van der Waals surface area contributed by atoms with Crippen LogP contribution in [0.3, 0.4) is 0 Å². The largest absolute Gasteiger partial charge is 0.472 e. The van der Waals surface area contributed by atoms with Gasteiger partial charge in [0.2, 0.25) is 41.7 Å². The van der Waals surface area contributed by atoms with E-state index >= 15 is 0 Å². The molecule has 0 bridgehead atoms. The highest BCUT2D eigenvalue weighted by molar-refractivity contribution is 7.47. The first-order valence-electron chi connectivity index (χ1n) is 37.3. The van der Waals surface area contributed by atoms with Crippen LogP contribution in [0, 0.1) is 17.3 Å². The summed E-state index contributed by atoms with van der Waals surface area (Å²) in [6.07, 6.45) is -13.0. The summed E-state index contributed by atoms with van der Waals surface area (Å²) in [5, 5.41) is 106. The molecule has 0 aromatic heterocycles. The van der Waals surface area contributed by atoms with Crippen molar-refractivity contribution < 1.29 is 145 Å². The van der Waals surface area contributed by atoms with Crippen molar-refractivity contribution in [2.75, 3.05) is 85.9 Å². The van der Waals surface area contributed by atoms with Crippen molar-refractivity contribution in [2.24, 2.45) is 17.3 Å². The minimum Gasteiger partial charge on any atom is -0.394 e. The maximum absolute atomic E-state index is 14.4. The molecule has 107 heavy (non-hydrogen) atoms. The topological polar surface area (TPSA) is 530 Å². The van der Waals surface area contributed by atoms with Gasteiger partial charge in [0, 0.05) is 72.3 Å². The average molecular weight is 1580 g/mol. The summed E-state index contributed by atoms with van der Waals surface area (Å²) >= 11 is 0. The minimum atomic E-state index is -5.08. The van der Waals surface area contributed by atoms with Gasteiger partial charge in [0.15, 0.2) is 18.8 Å². The van der Waals surface area contributed by atoms with E-state index in [9.17, 15) is 93.6 Å². The predicted molar refractivity (Wildman–Crippen MR) is 375 cm³/mol. The van der Waals surface area contributed by atoms with Crippen molar-refractivity contribution >= 4 is 51.1 Å². The number of carbonyl (C=O) groups excluding carboxylic acids is 6. The number of hydrogen-bond acceptors (Lipinski definition) is 30. The number of phosphoric ester groups is 2. The van der Waals surface area contributed by atoms with Gasteiger partial charge in [-0.15, -0.1) is 0 Å². The minimum absolute atomic E-state index is 0.0210. The Morgan fingerprint density at radius 3 is 1.71 bits per heavy atom. The van der Waals surface area contributed by atoms with Crippen LogP contribution in [-0.2, 0) is 89.2 Å². The second-order valence-corrected chi connectivity index (χ2v) is 32.7. The van der Waals surface area contributed by atoms with E-state index in [2.05, 4.69) is 40.4 Å². The highest BCUT2D eigenvalue weighted by atomic mass is 31.2. The number of aliphatic hydroxyl groups excluding tert-OH is 9. The summed E-state index contributed by atoms with van der Waals surface area (Å²) < 4.78 is 91.7. The first kappa shape index (κ1) is 92.2. The van der Waals surface area contributed by atoms with Crippen LogP contribution in [0.4, 0.5) is 0 Å². The molecule has 0 spiro atoms. The van der Waals surface area contributed by atoms with Crippen LogP contribution in [0.15, 0.2) is 0 Å². The van der Waals surface area contributed by atoms with Gasteiger partial charge < -0.3 is 120 Å². The summed E-state index contributed by atoms with van der Waals surface area (Å²) in [6, 6.07) is -5.30. The Morgan fingerprint density at radius 1 is 0.636 bits per heavy atom. The van der Waals surface area contributed by atoms with E-state index in [1.165, 1.54) is 37.5 Å². The predicted octanol–water partition coefficient (Wildman–Crippen LogP) is -1.87. The lowest BCUT2D eigenvalue weighted by atomic mass is 9.88. The van der Waals surface area contributed by atoms with Crippen LogP contribution in [0.1, 0.15) is 159 Å². The number of aliphatic hydroxyl groups is 9. The van der Waals surface area contributed by atoms with Gasteiger partial charge in [0.25, 0.3) is 0 Å². The van der Waals surface area contributed by atoms with Gasteiger partial charge in [0.05, 0.1) is 95.5 Å². The Balaban J connectivity index is 1.10. The van der Waals surface area contributed by atoms with E-state index in [1.54, 1.807) is 4.90 Å². The van der Waals surface area contributed by atoms with E-state index in [0.29, 0.717) is 43.9 Å². The van der Waals surface area contributed by atoms with Gasteiger partial charge in [0.1, 0.15) is 61.5 Å². The van der Waals surface area contributed by atoms with Gasteiger partial charge in [-0.2, -0.15) is 0 Å². The first-order valence-corrected chi connectivity index (χ1v) is 40.3. The lowest BCUT2D eigenvalue weighted by molar-refractivity contribution is -0.272. The molecule has 6 fully saturated rings. The molecular formula is C67H122N8O30P2. The van der Waals surface area contributed by atoms with Gasteiger partial charge in [-0.05, 0) is 88.4 Å². The molecule has 5 heterocycles. The zero-order chi connectivity index (χ0) is 79.1. The van der Waals surface area contributed by atoms with Gasteiger partial charge >= 0.3 is 15.6 Å². The highest BCUT2D eigenvalue weighted by Crippen LogP contribution is 2.50. The zero-order valence-electron chi connectivity index (χ0n) is 63.0. The molecule has 40 heteroatoms. The fraction of sp³-hybridized carbons (Fsp3) is 0.910. The standard InChI is InChI=1S/C67H122N8O30P2/c1-10-44(69-37-98-65-58(71-41(6)81)62(89)60(87)53(31-78)103-65)24-56(85)73-23-13-15-45(73)33-99-106(91,92)105-50-26-47(75(28-50)55(84)20-22-68-36-97-64-57(70-40(5)80)61(88)59(86)52(30-77)102-64)34-100-107(93,94)104-49-25-46(32-95-48-16-11-14-43(18-19-48)38(2)3)74(27-49)54(83)17-12-21-67(8,9)35-96-66(63(90)72-42(7)82)101-51(29-76)39(4)79/h38-39,43-53,57-66,68-69,76-79,86-90H,10-37H2,1-9H3,(H,70,80)(H,71,81)(H,72,82)(H,91,92)(H,93,94)/t39-,43?,44?,45+,46+,47+,48?,49-,50-,51?,52?,53?,57?,58?,59?,60?,61?,62?,63+,64?,65?,66?/m1/s1.